The van der Waals surface area contributed by atoms with E-state index in [-0.39, 0.29) is 5.92 Å². The minimum atomic E-state index is 0.273. The van der Waals surface area contributed by atoms with Crippen molar-refractivity contribution in [2.45, 2.75) is 39.0 Å². The Kier molecular flexibility index (Phi) is 3.36. The molecule has 6 heteroatoms. The van der Waals surface area contributed by atoms with Crippen molar-refractivity contribution in [2.24, 2.45) is 0 Å². The first-order valence-corrected chi connectivity index (χ1v) is 7.36. The fraction of sp³-hybridized carbons (Fsp3) is 0.615. The van der Waals surface area contributed by atoms with Crippen LogP contribution in [0.4, 0.5) is 0 Å². The molecule has 102 valence electrons. The molecule has 1 fully saturated rings. The highest BCUT2D eigenvalue weighted by atomic mass is 32.1. The van der Waals surface area contributed by atoms with E-state index in [0.717, 1.165) is 34.4 Å². The molecule has 0 bridgehead atoms. The summed E-state index contributed by atoms with van der Waals surface area (Å²) < 4.78 is 10.7. The molecule has 3 heterocycles. The molecule has 0 spiro atoms. The smallest absolute Gasteiger partial charge is 0.269 e. The fourth-order valence-electron chi connectivity index (χ4n) is 2.09. The lowest BCUT2D eigenvalue weighted by molar-refractivity contribution is 0.192. The summed E-state index contributed by atoms with van der Waals surface area (Å²) in [5.74, 6) is 2.04. The van der Waals surface area contributed by atoms with Crippen LogP contribution in [0, 0.1) is 6.92 Å². The number of rotatable bonds is 3. The summed E-state index contributed by atoms with van der Waals surface area (Å²) in [6.07, 6.45) is 0.970. The predicted molar refractivity (Wildman–Crippen MR) is 72.4 cm³/mol. The van der Waals surface area contributed by atoms with E-state index >= 15 is 0 Å². The highest BCUT2D eigenvalue weighted by Crippen LogP contribution is 2.33. The second-order valence-corrected chi connectivity index (χ2v) is 6.17. The molecule has 0 aromatic carbocycles. The molecule has 5 nitrogen and oxygen atoms in total. The van der Waals surface area contributed by atoms with Gasteiger partial charge in [0, 0.05) is 18.4 Å². The predicted octanol–water partition coefficient (Wildman–Crippen LogP) is 3.13. The number of aryl methyl sites for hydroxylation is 1. The van der Waals surface area contributed by atoms with E-state index < -0.39 is 0 Å². The van der Waals surface area contributed by atoms with Crippen molar-refractivity contribution in [3.05, 3.63) is 16.5 Å². The molecule has 0 amide bonds. The summed E-state index contributed by atoms with van der Waals surface area (Å²) in [4.78, 5) is 10.1. The first kappa shape index (κ1) is 12.7. The van der Waals surface area contributed by atoms with Crippen molar-refractivity contribution < 1.29 is 9.26 Å². The van der Waals surface area contributed by atoms with Gasteiger partial charge in [-0.1, -0.05) is 19.0 Å². The monoisotopic (exact) mass is 279 g/mol. The van der Waals surface area contributed by atoms with E-state index in [4.69, 9.17) is 9.26 Å². The van der Waals surface area contributed by atoms with Gasteiger partial charge in [-0.25, -0.2) is 4.98 Å². The van der Waals surface area contributed by atoms with Crippen LogP contribution in [0.25, 0.3) is 10.8 Å². The van der Waals surface area contributed by atoms with Gasteiger partial charge in [0.05, 0.1) is 17.3 Å². The van der Waals surface area contributed by atoms with Crippen LogP contribution >= 0.6 is 11.3 Å². The molecule has 1 aliphatic rings. The van der Waals surface area contributed by atoms with Gasteiger partial charge in [0.2, 0.25) is 0 Å². The number of hydrogen-bond donors (Lipinski definition) is 0. The van der Waals surface area contributed by atoms with Crippen LogP contribution in [0.3, 0.4) is 0 Å². The Morgan fingerprint density at radius 1 is 1.32 bits per heavy atom. The van der Waals surface area contributed by atoms with Crippen LogP contribution in [-0.4, -0.2) is 28.3 Å². The largest absolute Gasteiger partial charge is 0.381 e. The van der Waals surface area contributed by atoms with Gasteiger partial charge in [0.15, 0.2) is 5.82 Å². The summed E-state index contributed by atoms with van der Waals surface area (Å²) in [6, 6.07) is 0. The highest BCUT2D eigenvalue weighted by Gasteiger charge is 2.25. The lowest BCUT2D eigenvalue weighted by Crippen LogP contribution is -1.99. The summed E-state index contributed by atoms with van der Waals surface area (Å²) >= 11 is 1.64. The molecule has 19 heavy (non-hydrogen) atoms. The van der Waals surface area contributed by atoms with Crippen LogP contribution in [0.2, 0.25) is 0 Å². The average Bonchev–Trinajstić information content (AvgIpc) is 3.07. The van der Waals surface area contributed by atoms with Gasteiger partial charge < -0.3 is 9.26 Å². The molecule has 2 aromatic rings. The Hall–Kier alpha value is -1.27. The van der Waals surface area contributed by atoms with E-state index in [9.17, 15) is 0 Å². The molecule has 0 saturated carbocycles. The van der Waals surface area contributed by atoms with E-state index in [1.54, 1.807) is 11.3 Å². The Bertz CT molecular complexity index is 570. The molecule has 2 aromatic heterocycles. The lowest BCUT2D eigenvalue weighted by Gasteiger charge is -1.97. The molecule has 0 radical (unpaired) electrons. The zero-order valence-corrected chi connectivity index (χ0v) is 12.2. The summed E-state index contributed by atoms with van der Waals surface area (Å²) in [7, 11) is 0. The summed E-state index contributed by atoms with van der Waals surface area (Å²) in [5.41, 5.74) is 0.964. The number of ether oxygens (including phenoxy) is 1. The minimum Gasteiger partial charge on any atom is -0.381 e. The Labute approximate surface area is 116 Å². The summed E-state index contributed by atoms with van der Waals surface area (Å²) in [6.45, 7) is 7.73. The molecular formula is C13H17N3O2S. The van der Waals surface area contributed by atoms with E-state index in [1.165, 1.54) is 0 Å². The maximum absolute atomic E-state index is 5.39. The SMILES string of the molecule is Cc1nc(C(C)C)sc1-c1nc([C@H]2CCOC2)no1. The van der Waals surface area contributed by atoms with Crippen molar-refractivity contribution in [2.75, 3.05) is 13.2 Å². The zero-order chi connectivity index (χ0) is 13.4. The Balaban J connectivity index is 1.89. The first-order chi connectivity index (χ1) is 9.15. The highest BCUT2D eigenvalue weighted by molar-refractivity contribution is 7.15. The minimum absolute atomic E-state index is 0.273. The van der Waals surface area contributed by atoms with Crippen LogP contribution in [0.5, 0.6) is 0 Å². The van der Waals surface area contributed by atoms with Crippen LogP contribution in [0.1, 0.15) is 48.6 Å². The third-order valence-corrected chi connectivity index (χ3v) is 4.68. The Morgan fingerprint density at radius 2 is 2.16 bits per heavy atom. The van der Waals surface area contributed by atoms with Gasteiger partial charge in [-0.05, 0) is 13.3 Å². The molecule has 0 aliphatic carbocycles. The standard InChI is InChI=1S/C13H17N3O2S/c1-7(2)13-14-8(3)10(19-13)12-15-11(16-18-12)9-4-5-17-6-9/h7,9H,4-6H2,1-3H3/t9-/m0/s1. The maximum Gasteiger partial charge on any atom is 0.269 e. The van der Waals surface area contributed by atoms with Gasteiger partial charge in [-0.2, -0.15) is 4.98 Å². The molecule has 3 rings (SSSR count). The van der Waals surface area contributed by atoms with E-state index in [2.05, 4.69) is 29.0 Å². The van der Waals surface area contributed by atoms with E-state index in [0.29, 0.717) is 18.4 Å². The van der Waals surface area contributed by atoms with Crippen molar-refractivity contribution in [1.82, 2.24) is 15.1 Å². The molecule has 1 saturated heterocycles. The quantitative estimate of drug-likeness (QED) is 0.863. The van der Waals surface area contributed by atoms with Crippen molar-refractivity contribution >= 4 is 11.3 Å². The number of thiazole rings is 1. The van der Waals surface area contributed by atoms with Crippen LogP contribution < -0.4 is 0 Å². The number of hydrogen-bond acceptors (Lipinski definition) is 6. The Morgan fingerprint density at radius 3 is 2.79 bits per heavy atom. The molecule has 0 unspecified atom stereocenters. The third-order valence-electron chi connectivity index (χ3n) is 3.24. The van der Waals surface area contributed by atoms with E-state index in [1.807, 2.05) is 6.92 Å². The molecule has 1 aliphatic heterocycles. The van der Waals surface area contributed by atoms with Crippen molar-refractivity contribution in [1.29, 1.82) is 0 Å². The van der Waals surface area contributed by atoms with Gasteiger partial charge >= 0.3 is 0 Å². The third kappa shape index (κ3) is 2.42. The topological polar surface area (TPSA) is 61.0 Å². The normalized spacial score (nSPS) is 19.5. The second-order valence-electron chi connectivity index (χ2n) is 5.14. The van der Waals surface area contributed by atoms with Crippen LogP contribution in [-0.2, 0) is 4.74 Å². The lowest BCUT2D eigenvalue weighted by atomic mass is 10.1. The van der Waals surface area contributed by atoms with Gasteiger partial charge in [0.25, 0.3) is 5.89 Å². The zero-order valence-electron chi connectivity index (χ0n) is 11.3. The first-order valence-electron chi connectivity index (χ1n) is 6.54. The molecule has 1 atom stereocenters. The molecular weight excluding hydrogens is 262 g/mol. The molecule has 0 N–H and O–H groups in total. The van der Waals surface area contributed by atoms with Gasteiger partial charge in [-0.3, -0.25) is 0 Å². The van der Waals surface area contributed by atoms with Gasteiger partial charge in [0.1, 0.15) is 4.88 Å². The van der Waals surface area contributed by atoms with Crippen LogP contribution in [0.15, 0.2) is 4.52 Å². The number of aromatic nitrogens is 3. The van der Waals surface area contributed by atoms with Crippen molar-refractivity contribution in [3.63, 3.8) is 0 Å². The fourth-order valence-corrected chi connectivity index (χ4v) is 3.08. The average molecular weight is 279 g/mol. The second kappa shape index (κ2) is 5.02. The summed E-state index contributed by atoms with van der Waals surface area (Å²) in [5, 5.41) is 5.19. The number of nitrogens with zero attached hydrogens (tertiary/aromatic N) is 3. The van der Waals surface area contributed by atoms with Gasteiger partial charge in [-0.15, -0.1) is 11.3 Å². The van der Waals surface area contributed by atoms with Crippen molar-refractivity contribution in [3.8, 4) is 10.8 Å². The maximum atomic E-state index is 5.39.